The number of hydrogen-bond donors (Lipinski definition) is 1. The highest BCUT2D eigenvalue weighted by Gasteiger charge is 2.27. The minimum absolute atomic E-state index is 0.535. The fourth-order valence-corrected chi connectivity index (χ4v) is 2.37. The highest BCUT2D eigenvalue weighted by Crippen LogP contribution is 2.39. The maximum atomic E-state index is 5.92. The molecular formula is C10H19N. The van der Waals surface area contributed by atoms with Gasteiger partial charge in [-0.05, 0) is 31.1 Å². The minimum atomic E-state index is 0.535. The Morgan fingerprint density at radius 2 is 1.82 bits per heavy atom. The van der Waals surface area contributed by atoms with Gasteiger partial charge in [-0.25, -0.2) is 0 Å². The van der Waals surface area contributed by atoms with Gasteiger partial charge >= 0.3 is 0 Å². The third-order valence-electron chi connectivity index (χ3n) is 3.19. The quantitative estimate of drug-likeness (QED) is 0.647. The molecule has 2 unspecified atom stereocenters. The number of rotatable bonds is 2. The third-order valence-corrected chi connectivity index (χ3v) is 3.19. The van der Waals surface area contributed by atoms with Crippen LogP contribution in [-0.4, -0.2) is 6.04 Å². The SMILES string of the molecule is NC1CCCC(CC2CC2)C1. The van der Waals surface area contributed by atoms with E-state index >= 15 is 0 Å². The van der Waals surface area contributed by atoms with Crippen LogP contribution in [0.1, 0.15) is 44.9 Å². The molecule has 2 N–H and O–H groups in total. The smallest absolute Gasteiger partial charge is 0.00414 e. The summed E-state index contributed by atoms with van der Waals surface area (Å²) >= 11 is 0. The largest absolute Gasteiger partial charge is 0.328 e. The lowest BCUT2D eigenvalue weighted by Crippen LogP contribution is -2.27. The molecule has 0 radical (unpaired) electrons. The summed E-state index contributed by atoms with van der Waals surface area (Å²) in [6.45, 7) is 0. The molecule has 0 saturated heterocycles. The van der Waals surface area contributed by atoms with Crippen molar-refractivity contribution in [3.63, 3.8) is 0 Å². The van der Waals surface area contributed by atoms with E-state index in [9.17, 15) is 0 Å². The average Bonchev–Trinajstić information content (AvgIpc) is 2.71. The van der Waals surface area contributed by atoms with Crippen LogP contribution in [0, 0.1) is 11.8 Å². The second-order valence-corrected chi connectivity index (χ2v) is 4.47. The first kappa shape index (κ1) is 7.60. The molecule has 2 fully saturated rings. The van der Waals surface area contributed by atoms with Crippen LogP contribution in [-0.2, 0) is 0 Å². The molecule has 2 atom stereocenters. The summed E-state index contributed by atoms with van der Waals surface area (Å²) in [6, 6.07) is 0.535. The van der Waals surface area contributed by atoms with E-state index in [0.29, 0.717) is 6.04 Å². The normalized spacial score (nSPS) is 39.0. The molecule has 64 valence electrons. The molecule has 0 aromatic heterocycles. The predicted octanol–water partition coefficient (Wildman–Crippen LogP) is 2.30. The zero-order valence-corrected chi connectivity index (χ0v) is 7.26. The van der Waals surface area contributed by atoms with Crippen molar-refractivity contribution < 1.29 is 0 Å². The molecule has 0 spiro atoms. The fourth-order valence-electron chi connectivity index (χ4n) is 2.37. The Labute approximate surface area is 69.4 Å². The van der Waals surface area contributed by atoms with Gasteiger partial charge in [-0.1, -0.05) is 25.7 Å². The molecule has 11 heavy (non-hydrogen) atoms. The van der Waals surface area contributed by atoms with Crippen LogP contribution in [0.3, 0.4) is 0 Å². The van der Waals surface area contributed by atoms with Gasteiger partial charge in [0.05, 0.1) is 0 Å². The van der Waals surface area contributed by atoms with E-state index in [1.165, 1.54) is 44.9 Å². The summed E-state index contributed by atoms with van der Waals surface area (Å²) in [4.78, 5) is 0. The van der Waals surface area contributed by atoms with Crippen molar-refractivity contribution >= 4 is 0 Å². The first-order valence-corrected chi connectivity index (χ1v) is 5.10. The van der Waals surface area contributed by atoms with Crippen molar-refractivity contribution in [3.05, 3.63) is 0 Å². The van der Waals surface area contributed by atoms with Crippen LogP contribution < -0.4 is 5.73 Å². The van der Waals surface area contributed by atoms with Gasteiger partial charge in [0.1, 0.15) is 0 Å². The Morgan fingerprint density at radius 1 is 1.00 bits per heavy atom. The Morgan fingerprint density at radius 3 is 2.45 bits per heavy atom. The Hall–Kier alpha value is -0.0400. The summed E-state index contributed by atoms with van der Waals surface area (Å²) in [5, 5.41) is 0. The van der Waals surface area contributed by atoms with Gasteiger partial charge in [0.15, 0.2) is 0 Å². The highest BCUT2D eigenvalue weighted by atomic mass is 14.6. The molecule has 0 bridgehead atoms. The van der Waals surface area contributed by atoms with Crippen LogP contribution in [0.2, 0.25) is 0 Å². The van der Waals surface area contributed by atoms with Crippen molar-refractivity contribution in [2.45, 2.75) is 51.0 Å². The van der Waals surface area contributed by atoms with Crippen molar-refractivity contribution in [2.75, 3.05) is 0 Å². The first-order valence-electron chi connectivity index (χ1n) is 5.10. The van der Waals surface area contributed by atoms with Crippen LogP contribution in [0.15, 0.2) is 0 Å². The molecule has 2 saturated carbocycles. The summed E-state index contributed by atoms with van der Waals surface area (Å²) < 4.78 is 0. The van der Waals surface area contributed by atoms with Crippen LogP contribution in [0.4, 0.5) is 0 Å². The van der Waals surface area contributed by atoms with Crippen LogP contribution >= 0.6 is 0 Å². The second-order valence-electron chi connectivity index (χ2n) is 4.47. The molecule has 2 aliphatic rings. The predicted molar refractivity (Wildman–Crippen MR) is 47.3 cm³/mol. The maximum Gasteiger partial charge on any atom is 0.00414 e. The van der Waals surface area contributed by atoms with Gasteiger partial charge in [-0.3, -0.25) is 0 Å². The molecule has 0 aliphatic heterocycles. The third kappa shape index (κ3) is 2.19. The molecule has 0 heterocycles. The second kappa shape index (κ2) is 3.14. The number of nitrogens with two attached hydrogens (primary N) is 1. The lowest BCUT2D eigenvalue weighted by molar-refractivity contribution is 0.296. The zero-order valence-electron chi connectivity index (χ0n) is 7.26. The summed E-state index contributed by atoms with van der Waals surface area (Å²) in [5.74, 6) is 2.09. The standard InChI is InChI=1S/C10H19N/c11-10-3-1-2-9(7-10)6-8-4-5-8/h8-10H,1-7,11H2. The monoisotopic (exact) mass is 153 g/mol. The average molecular weight is 153 g/mol. The van der Waals surface area contributed by atoms with Crippen molar-refractivity contribution in [1.82, 2.24) is 0 Å². The molecular weight excluding hydrogens is 134 g/mol. The van der Waals surface area contributed by atoms with E-state index < -0.39 is 0 Å². The summed E-state index contributed by atoms with van der Waals surface area (Å²) in [5.41, 5.74) is 5.92. The van der Waals surface area contributed by atoms with E-state index in [-0.39, 0.29) is 0 Å². The molecule has 2 rings (SSSR count). The number of hydrogen-bond acceptors (Lipinski definition) is 1. The Kier molecular flexibility index (Phi) is 2.17. The van der Waals surface area contributed by atoms with Crippen molar-refractivity contribution in [1.29, 1.82) is 0 Å². The minimum Gasteiger partial charge on any atom is -0.328 e. The summed E-state index contributed by atoms with van der Waals surface area (Å²) in [7, 11) is 0. The zero-order chi connectivity index (χ0) is 7.68. The molecule has 0 aromatic rings. The van der Waals surface area contributed by atoms with E-state index in [1.807, 2.05) is 0 Å². The van der Waals surface area contributed by atoms with Crippen LogP contribution in [0.25, 0.3) is 0 Å². The lowest BCUT2D eigenvalue weighted by Gasteiger charge is -2.26. The van der Waals surface area contributed by atoms with Gasteiger partial charge < -0.3 is 5.73 Å². The Bertz CT molecular complexity index is 127. The Balaban J connectivity index is 1.73. The van der Waals surface area contributed by atoms with Gasteiger partial charge in [-0.15, -0.1) is 0 Å². The van der Waals surface area contributed by atoms with Gasteiger partial charge in [0.2, 0.25) is 0 Å². The van der Waals surface area contributed by atoms with E-state index in [4.69, 9.17) is 5.73 Å². The van der Waals surface area contributed by atoms with Gasteiger partial charge in [0.25, 0.3) is 0 Å². The fraction of sp³-hybridized carbons (Fsp3) is 1.00. The summed E-state index contributed by atoms with van der Waals surface area (Å²) in [6.07, 6.45) is 9.95. The van der Waals surface area contributed by atoms with E-state index in [1.54, 1.807) is 0 Å². The molecule has 2 aliphatic carbocycles. The molecule has 0 aromatic carbocycles. The van der Waals surface area contributed by atoms with Gasteiger partial charge in [-0.2, -0.15) is 0 Å². The van der Waals surface area contributed by atoms with Gasteiger partial charge in [0, 0.05) is 6.04 Å². The van der Waals surface area contributed by atoms with Crippen LogP contribution in [0.5, 0.6) is 0 Å². The topological polar surface area (TPSA) is 26.0 Å². The first-order chi connectivity index (χ1) is 5.34. The molecule has 0 amide bonds. The lowest BCUT2D eigenvalue weighted by atomic mass is 9.83. The molecule has 1 heteroatoms. The van der Waals surface area contributed by atoms with E-state index in [2.05, 4.69) is 0 Å². The highest BCUT2D eigenvalue weighted by molar-refractivity contribution is 4.81. The maximum absolute atomic E-state index is 5.92. The van der Waals surface area contributed by atoms with E-state index in [0.717, 1.165) is 11.8 Å². The van der Waals surface area contributed by atoms with Crippen molar-refractivity contribution in [2.24, 2.45) is 17.6 Å². The van der Waals surface area contributed by atoms with Crippen molar-refractivity contribution in [3.8, 4) is 0 Å². The molecule has 1 nitrogen and oxygen atoms in total.